The maximum Gasteiger partial charge on any atom is 0.338 e. The largest absolute Gasteiger partial charge is 0.455 e. The molecule has 0 radical (unpaired) electrons. The van der Waals surface area contributed by atoms with Crippen LogP contribution in [0, 0.1) is 34.5 Å². The van der Waals surface area contributed by atoms with Gasteiger partial charge in [-0.25, -0.2) is 4.79 Å². The van der Waals surface area contributed by atoms with Crippen molar-refractivity contribution in [2.75, 3.05) is 48.6 Å². The zero-order chi connectivity index (χ0) is 43.6. The number of nitrogens with zero attached hydrogens (tertiary/aromatic N) is 1. The van der Waals surface area contributed by atoms with Crippen molar-refractivity contribution < 1.29 is 53.3 Å². The molecule has 1 aromatic rings. The number of benzene rings is 1. The summed E-state index contributed by atoms with van der Waals surface area (Å²) in [5.41, 5.74) is -4.85. The molecule has 0 aromatic heterocycles. The molecule has 1 aliphatic heterocycles. The first kappa shape index (κ1) is 46.6. The summed E-state index contributed by atoms with van der Waals surface area (Å²) in [7, 11) is 8.38. The van der Waals surface area contributed by atoms with Gasteiger partial charge in [0.2, 0.25) is 0 Å². The van der Waals surface area contributed by atoms with Crippen molar-refractivity contribution in [3.8, 4) is 0 Å². The van der Waals surface area contributed by atoms with Crippen molar-refractivity contribution >= 4 is 11.9 Å². The number of hydrogen-bond acceptors (Lipinski definition) is 12. The molecule has 7 rings (SSSR count). The van der Waals surface area contributed by atoms with Crippen molar-refractivity contribution in [2.24, 2.45) is 34.5 Å². The molecule has 0 amide bonds. The van der Waals surface area contributed by atoms with E-state index in [0.29, 0.717) is 24.9 Å². The van der Waals surface area contributed by atoms with Crippen molar-refractivity contribution in [3.63, 3.8) is 0 Å². The summed E-state index contributed by atoms with van der Waals surface area (Å²) in [5, 5.41) is 38.1. The molecule has 61 heavy (non-hydrogen) atoms. The molecule has 12 nitrogen and oxygen atoms in total. The van der Waals surface area contributed by atoms with Crippen molar-refractivity contribution in [2.45, 2.75) is 164 Å². The van der Waals surface area contributed by atoms with Gasteiger partial charge in [0.1, 0.15) is 23.9 Å². The minimum atomic E-state index is -1.85. The molecule has 1 aromatic carbocycles. The monoisotopic (exact) mass is 854 g/mol. The fourth-order valence-corrected chi connectivity index (χ4v) is 14.5. The number of likely N-dealkylation sites (tertiary alicyclic amines) is 1. The third kappa shape index (κ3) is 7.54. The van der Waals surface area contributed by atoms with Gasteiger partial charge in [-0.2, -0.15) is 0 Å². The number of aliphatic hydroxyl groups excluding tert-OH is 2. The third-order valence-corrected chi connectivity index (χ3v) is 16.5. The lowest BCUT2D eigenvalue weighted by atomic mass is 9.42. The highest BCUT2D eigenvalue weighted by Crippen LogP contribution is 2.80. The smallest absolute Gasteiger partial charge is 0.338 e. The van der Waals surface area contributed by atoms with Gasteiger partial charge in [0.25, 0.3) is 0 Å². The van der Waals surface area contributed by atoms with Crippen LogP contribution in [0.15, 0.2) is 42.5 Å². The molecule has 1 saturated heterocycles. The van der Waals surface area contributed by atoms with Crippen LogP contribution in [0.3, 0.4) is 0 Å². The lowest BCUT2D eigenvalue weighted by Gasteiger charge is -2.70. The van der Waals surface area contributed by atoms with Gasteiger partial charge in [-0.1, -0.05) is 88.6 Å². The maximum atomic E-state index is 14.5. The second-order valence-corrected chi connectivity index (χ2v) is 19.5. The molecule has 1 unspecified atom stereocenters. The summed E-state index contributed by atoms with van der Waals surface area (Å²) in [4.78, 5) is 30.8. The zero-order valence-electron chi connectivity index (χ0n) is 37.7. The van der Waals surface area contributed by atoms with Gasteiger partial charge in [0.15, 0.2) is 5.60 Å². The number of ether oxygens (including phenoxy) is 6. The van der Waals surface area contributed by atoms with Crippen LogP contribution in [0.5, 0.6) is 0 Å². The Morgan fingerprint density at radius 1 is 0.836 bits per heavy atom. The predicted molar refractivity (Wildman–Crippen MR) is 230 cm³/mol. The van der Waals surface area contributed by atoms with Gasteiger partial charge in [-0.15, -0.1) is 0 Å². The van der Waals surface area contributed by atoms with E-state index in [1.54, 1.807) is 45.6 Å². The summed E-state index contributed by atoms with van der Waals surface area (Å²) in [5.74, 6) is -3.52. The highest BCUT2D eigenvalue weighted by molar-refractivity contribution is 5.89. The average molecular weight is 854 g/mol. The van der Waals surface area contributed by atoms with Crippen molar-refractivity contribution in [3.05, 3.63) is 48.0 Å². The average Bonchev–Trinajstić information content (AvgIpc) is 3.64. The van der Waals surface area contributed by atoms with Crippen LogP contribution >= 0.6 is 0 Å². The summed E-state index contributed by atoms with van der Waals surface area (Å²) in [6.45, 7) is 2.96. The van der Waals surface area contributed by atoms with Gasteiger partial charge >= 0.3 is 11.9 Å². The third-order valence-electron chi connectivity index (χ3n) is 16.5. The number of unbranched alkanes of at least 4 members (excludes halogenated alkanes) is 11. The molecule has 1 heterocycles. The molecule has 6 aliphatic rings. The number of rotatable bonds is 23. The fraction of sp³-hybridized carbons (Fsp3) is 0.796. The zero-order valence-corrected chi connectivity index (χ0v) is 37.7. The number of hydrogen-bond donors (Lipinski definition) is 3. The number of aliphatic hydroxyl groups is 3. The van der Waals surface area contributed by atoms with E-state index in [2.05, 4.69) is 24.0 Å². The normalized spacial score (nSPS) is 40.7. The van der Waals surface area contributed by atoms with E-state index in [0.717, 1.165) is 38.5 Å². The first-order chi connectivity index (χ1) is 29.5. The quantitative estimate of drug-likeness (QED) is 0.0646. The molecular formula is C49H75NO11. The Balaban J connectivity index is 1.17. The number of fused-ring (bicyclic) bond motifs is 2. The van der Waals surface area contributed by atoms with E-state index < -0.39 is 88.3 Å². The minimum Gasteiger partial charge on any atom is -0.455 e. The summed E-state index contributed by atoms with van der Waals surface area (Å²) in [6, 6.07) is 8.27. The second-order valence-electron chi connectivity index (χ2n) is 19.5. The fourth-order valence-electron chi connectivity index (χ4n) is 14.5. The predicted octanol–water partition coefficient (Wildman–Crippen LogP) is 6.28. The van der Waals surface area contributed by atoms with Crippen LogP contribution < -0.4 is 0 Å². The number of allylic oxidation sites excluding steroid dienone is 2. The van der Waals surface area contributed by atoms with Crippen molar-refractivity contribution in [1.29, 1.82) is 0 Å². The van der Waals surface area contributed by atoms with E-state index in [1.807, 2.05) is 13.1 Å². The van der Waals surface area contributed by atoms with Gasteiger partial charge in [0.05, 0.1) is 30.5 Å². The molecule has 5 saturated carbocycles. The number of piperidine rings is 1. The van der Waals surface area contributed by atoms with Gasteiger partial charge < -0.3 is 48.6 Å². The van der Waals surface area contributed by atoms with E-state index in [1.165, 1.54) is 45.6 Å². The minimum absolute atomic E-state index is 0.0799. The van der Waals surface area contributed by atoms with Crippen LogP contribution in [-0.2, 0) is 33.2 Å². The summed E-state index contributed by atoms with van der Waals surface area (Å²) in [6.07, 6.45) is 14.0. The lowest BCUT2D eigenvalue weighted by Crippen LogP contribution is -2.81. The van der Waals surface area contributed by atoms with Gasteiger partial charge in [-0.05, 0) is 63.6 Å². The molecule has 3 N–H and O–H groups in total. The van der Waals surface area contributed by atoms with Crippen LogP contribution in [0.1, 0.15) is 120 Å². The molecule has 12 heteroatoms. The second kappa shape index (κ2) is 19.4. The van der Waals surface area contributed by atoms with Crippen LogP contribution in [0.25, 0.3) is 0 Å². The Kier molecular flexibility index (Phi) is 14.8. The highest BCUT2D eigenvalue weighted by atomic mass is 16.6. The molecule has 15 atom stereocenters. The molecule has 1 spiro atoms. The number of carbonyl (C=O) groups excluding carboxylic acids is 2. The molecular weight excluding hydrogens is 779 g/mol. The molecule has 342 valence electrons. The highest BCUT2D eigenvalue weighted by Gasteiger charge is 2.92. The van der Waals surface area contributed by atoms with E-state index in [4.69, 9.17) is 28.4 Å². The number of carbonyl (C=O) groups is 2. The first-order valence-corrected chi connectivity index (χ1v) is 23.5. The first-order valence-electron chi connectivity index (χ1n) is 23.5. The summed E-state index contributed by atoms with van der Waals surface area (Å²) >= 11 is 0. The molecule has 5 aliphatic carbocycles. The standard InChI is InChI=1S/C49H75NO11/c1-7-8-9-10-11-12-13-14-15-16-17-18-19-20-24-27-36(52)61-49-37-33(29-47(55,44(59-6)42(49)53)43(37)60-45(54)32-25-22-21-23-26-32)48-35(57-4)28-34(51)46(31-56-3)30-50(2)41(48)38(49)39(58-5)40(46)48/h14-15,21-23,25-26,33-35,37-44,51,53,55H,7-13,16-20,24,27-31H2,1-6H3/b15-14-/t33-,34-,35+,37-,38+,39+,40-,41?,42+,43-,44+,46+,47-,48+,49-/m1/s1. The van der Waals surface area contributed by atoms with E-state index >= 15 is 0 Å². The Bertz CT molecular complexity index is 1660. The molecule has 6 fully saturated rings. The van der Waals surface area contributed by atoms with Crippen LogP contribution in [-0.4, -0.2) is 135 Å². The van der Waals surface area contributed by atoms with Crippen LogP contribution in [0.4, 0.5) is 0 Å². The number of esters is 2. The van der Waals surface area contributed by atoms with Gasteiger partial charge in [-0.3, -0.25) is 4.79 Å². The maximum absolute atomic E-state index is 14.5. The van der Waals surface area contributed by atoms with Crippen LogP contribution in [0.2, 0.25) is 0 Å². The molecule has 7 bridgehead atoms. The topological polar surface area (TPSA) is 153 Å². The van der Waals surface area contributed by atoms with Crippen molar-refractivity contribution in [1.82, 2.24) is 4.90 Å². The lowest BCUT2D eigenvalue weighted by molar-refractivity contribution is -0.321. The van der Waals surface area contributed by atoms with E-state index in [-0.39, 0.29) is 31.4 Å². The SMILES string of the molecule is CCCCCCCC/C=C\CCCCCCCC(=O)O[C@]12[C@H]3[C@@H](OC(=O)c4ccccc4)[C@](O)(C[C@H]3[C@@]34C5[C@@H]1[C@H](OC)[C@@H]3[C@](COC)(CN5C)[C@H](O)C[C@@H]4OC)[C@@H](OC)[C@@H]2O. The Morgan fingerprint density at radius 3 is 2.11 bits per heavy atom. The summed E-state index contributed by atoms with van der Waals surface area (Å²) < 4.78 is 38.5. The number of methoxy groups -OCH3 is 4. The van der Waals surface area contributed by atoms with E-state index in [9.17, 15) is 24.9 Å². The Morgan fingerprint density at radius 2 is 1.49 bits per heavy atom. The Labute approximate surface area is 364 Å². The van der Waals surface area contributed by atoms with Gasteiger partial charge in [0, 0.05) is 82.5 Å². The Hall–Kier alpha value is -2.42.